The van der Waals surface area contributed by atoms with Crippen LogP contribution in [0.3, 0.4) is 0 Å². The van der Waals surface area contributed by atoms with Crippen LogP contribution in [0.2, 0.25) is 0 Å². The minimum atomic E-state index is -0.00925. The zero-order chi connectivity index (χ0) is 17.1. The van der Waals surface area contributed by atoms with Crippen molar-refractivity contribution in [2.75, 3.05) is 11.1 Å². The number of nitrogens with zero attached hydrogens (tertiary/aromatic N) is 1. The summed E-state index contributed by atoms with van der Waals surface area (Å²) >= 11 is 1.47. The fourth-order valence-corrected chi connectivity index (χ4v) is 3.49. The summed E-state index contributed by atoms with van der Waals surface area (Å²) in [6.45, 7) is 6.08. The van der Waals surface area contributed by atoms with Gasteiger partial charge in [0.1, 0.15) is 0 Å². The van der Waals surface area contributed by atoms with Gasteiger partial charge < -0.3 is 5.32 Å². The van der Waals surface area contributed by atoms with Crippen molar-refractivity contribution in [2.45, 2.75) is 25.8 Å². The maximum Gasteiger partial charge on any atom is 0.234 e. The number of benzene rings is 2. The molecule has 3 aromatic rings. The molecule has 24 heavy (non-hydrogen) atoms. The van der Waals surface area contributed by atoms with Gasteiger partial charge in [0.15, 0.2) is 0 Å². The van der Waals surface area contributed by atoms with Gasteiger partial charge >= 0.3 is 0 Å². The molecule has 0 saturated carbocycles. The lowest BCUT2D eigenvalue weighted by atomic mass is 10.1. The highest BCUT2D eigenvalue weighted by molar-refractivity contribution is 7.99. The minimum absolute atomic E-state index is 0.00925. The second-order valence-electron chi connectivity index (χ2n) is 5.90. The quantitative estimate of drug-likeness (QED) is 0.690. The van der Waals surface area contributed by atoms with Gasteiger partial charge in [0, 0.05) is 11.1 Å². The Morgan fingerprint density at radius 1 is 1.00 bits per heavy atom. The Balaban J connectivity index is 1.70. The molecule has 0 atom stereocenters. The number of carbonyl (C=O) groups is 1. The summed E-state index contributed by atoms with van der Waals surface area (Å²) in [5.41, 5.74) is 5.21. The normalized spacial score (nSPS) is 10.8. The van der Waals surface area contributed by atoms with Gasteiger partial charge in [0.05, 0.1) is 16.3 Å². The predicted octanol–water partition coefficient (Wildman–Crippen LogP) is 4.89. The second kappa shape index (κ2) is 7.05. The molecule has 1 heterocycles. The Morgan fingerprint density at radius 3 is 2.46 bits per heavy atom. The molecule has 0 radical (unpaired) electrons. The number of nitrogens with one attached hydrogen (secondary N) is 1. The molecule has 2 aromatic carbocycles. The monoisotopic (exact) mass is 336 g/mol. The molecule has 1 N–H and O–H groups in total. The van der Waals surface area contributed by atoms with Crippen LogP contribution < -0.4 is 5.32 Å². The van der Waals surface area contributed by atoms with E-state index in [0.29, 0.717) is 5.75 Å². The van der Waals surface area contributed by atoms with E-state index >= 15 is 0 Å². The van der Waals surface area contributed by atoms with Crippen molar-refractivity contribution in [3.63, 3.8) is 0 Å². The fourth-order valence-electron chi connectivity index (χ4n) is 2.72. The lowest BCUT2D eigenvalue weighted by molar-refractivity contribution is -0.113. The number of para-hydroxylation sites is 2. The van der Waals surface area contributed by atoms with Crippen molar-refractivity contribution < 1.29 is 4.79 Å². The molecule has 3 rings (SSSR count). The van der Waals surface area contributed by atoms with Crippen LogP contribution in [0.5, 0.6) is 0 Å². The number of hydrogen-bond acceptors (Lipinski definition) is 3. The van der Waals surface area contributed by atoms with Gasteiger partial charge in [0.2, 0.25) is 5.91 Å². The standard InChI is InChI=1S/C20H20N2OS/c1-13-7-6-8-14(2)20(13)22-18(23)12-24-19-11-15(3)16-9-4-5-10-17(16)21-19/h4-11H,12H2,1-3H3,(H,22,23). The highest BCUT2D eigenvalue weighted by atomic mass is 32.2. The molecule has 1 aromatic heterocycles. The van der Waals surface area contributed by atoms with Crippen molar-refractivity contribution in [3.05, 3.63) is 65.2 Å². The number of carbonyl (C=O) groups excluding carboxylic acids is 1. The fraction of sp³-hybridized carbons (Fsp3) is 0.200. The number of anilines is 1. The molecular weight excluding hydrogens is 316 g/mol. The van der Waals surface area contributed by atoms with Crippen molar-refractivity contribution in [1.82, 2.24) is 4.98 Å². The Labute approximate surface area is 146 Å². The summed E-state index contributed by atoms with van der Waals surface area (Å²) < 4.78 is 0. The number of fused-ring (bicyclic) bond motifs is 1. The van der Waals surface area contributed by atoms with E-state index in [1.165, 1.54) is 17.3 Å². The third-order valence-electron chi connectivity index (χ3n) is 4.00. The van der Waals surface area contributed by atoms with Crippen molar-refractivity contribution in [1.29, 1.82) is 0 Å². The van der Waals surface area contributed by atoms with Gasteiger partial charge in [-0.25, -0.2) is 4.98 Å². The number of thioether (sulfide) groups is 1. The van der Waals surface area contributed by atoms with Crippen LogP contribution in [-0.4, -0.2) is 16.6 Å². The third kappa shape index (κ3) is 3.60. The molecule has 0 saturated heterocycles. The van der Waals surface area contributed by atoms with E-state index in [4.69, 9.17) is 0 Å². The number of aromatic nitrogens is 1. The Morgan fingerprint density at radius 2 is 1.71 bits per heavy atom. The minimum Gasteiger partial charge on any atom is -0.325 e. The number of hydrogen-bond donors (Lipinski definition) is 1. The second-order valence-corrected chi connectivity index (χ2v) is 6.89. The first-order chi connectivity index (χ1) is 11.5. The van der Waals surface area contributed by atoms with E-state index in [1.807, 2.05) is 56.3 Å². The van der Waals surface area contributed by atoms with Gasteiger partial charge in [-0.1, -0.05) is 48.2 Å². The SMILES string of the molecule is Cc1cccc(C)c1NC(=O)CSc1cc(C)c2ccccc2n1. The molecule has 0 unspecified atom stereocenters. The van der Waals surface area contributed by atoms with Gasteiger partial charge in [-0.3, -0.25) is 4.79 Å². The lowest BCUT2D eigenvalue weighted by Gasteiger charge is -2.11. The Hall–Kier alpha value is -2.33. The van der Waals surface area contributed by atoms with Gasteiger partial charge in [-0.15, -0.1) is 0 Å². The topological polar surface area (TPSA) is 42.0 Å². The summed E-state index contributed by atoms with van der Waals surface area (Å²) in [6, 6.07) is 16.1. The molecule has 3 nitrogen and oxygen atoms in total. The Kier molecular flexibility index (Phi) is 4.86. The average Bonchev–Trinajstić information content (AvgIpc) is 2.56. The molecule has 0 aliphatic rings. The highest BCUT2D eigenvalue weighted by Crippen LogP contribution is 2.24. The van der Waals surface area contributed by atoms with Gasteiger partial charge in [-0.2, -0.15) is 0 Å². The first-order valence-corrected chi connectivity index (χ1v) is 8.88. The van der Waals surface area contributed by atoms with Crippen LogP contribution in [0.1, 0.15) is 16.7 Å². The molecule has 0 spiro atoms. The maximum atomic E-state index is 12.3. The Bertz CT molecular complexity index is 885. The van der Waals surface area contributed by atoms with E-state index in [9.17, 15) is 4.79 Å². The summed E-state index contributed by atoms with van der Waals surface area (Å²) in [5, 5.41) is 5.05. The van der Waals surface area contributed by atoms with Crippen LogP contribution in [0.4, 0.5) is 5.69 Å². The lowest BCUT2D eigenvalue weighted by Crippen LogP contribution is -2.15. The molecule has 1 amide bonds. The van der Waals surface area contributed by atoms with Crippen molar-refractivity contribution in [3.8, 4) is 0 Å². The summed E-state index contributed by atoms with van der Waals surface area (Å²) in [4.78, 5) is 16.9. The number of aryl methyl sites for hydroxylation is 3. The van der Waals surface area contributed by atoms with E-state index in [1.54, 1.807) is 0 Å². The highest BCUT2D eigenvalue weighted by Gasteiger charge is 2.09. The molecule has 122 valence electrons. The molecule has 0 fully saturated rings. The summed E-state index contributed by atoms with van der Waals surface area (Å²) in [5.74, 6) is 0.337. The zero-order valence-corrected chi connectivity index (χ0v) is 14.9. The number of amides is 1. The first-order valence-electron chi connectivity index (χ1n) is 7.90. The van der Waals surface area contributed by atoms with Crippen LogP contribution in [0.25, 0.3) is 10.9 Å². The van der Waals surface area contributed by atoms with Gasteiger partial charge in [0.25, 0.3) is 0 Å². The van der Waals surface area contributed by atoms with Crippen molar-refractivity contribution >= 4 is 34.3 Å². The predicted molar refractivity (Wildman–Crippen MR) is 102 cm³/mol. The first kappa shape index (κ1) is 16.5. The summed E-state index contributed by atoms with van der Waals surface area (Å²) in [6.07, 6.45) is 0. The van der Waals surface area contributed by atoms with Crippen LogP contribution in [0, 0.1) is 20.8 Å². The summed E-state index contributed by atoms with van der Waals surface area (Å²) in [7, 11) is 0. The van der Waals surface area contributed by atoms with E-state index in [0.717, 1.165) is 32.7 Å². The third-order valence-corrected chi connectivity index (χ3v) is 4.91. The molecule has 0 aliphatic carbocycles. The van der Waals surface area contributed by atoms with Crippen LogP contribution in [-0.2, 0) is 4.79 Å². The number of pyridine rings is 1. The van der Waals surface area contributed by atoms with Crippen molar-refractivity contribution in [2.24, 2.45) is 0 Å². The van der Waals surface area contributed by atoms with E-state index in [2.05, 4.69) is 23.3 Å². The van der Waals surface area contributed by atoms with Gasteiger partial charge in [-0.05, 0) is 49.6 Å². The van der Waals surface area contributed by atoms with Crippen LogP contribution >= 0.6 is 11.8 Å². The molecule has 0 bridgehead atoms. The zero-order valence-electron chi connectivity index (χ0n) is 14.1. The molecule has 0 aliphatic heterocycles. The van der Waals surface area contributed by atoms with Crippen LogP contribution in [0.15, 0.2) is 53.6 Å². The molecule has 4 heteroatoms. The smallest absolute Gasteiger partial charge is 0.234 e. The molecular formula is C20H20N2OS. The maximum absolute atomic E-state index is 12.3. The van der Waals surface area contributed by atoms with E-state index in [-0.39, 0.29) is 5.91 Å². The average molecular weight is 336 g/mol. The van der Waals surface area contributed by atoms with E-state index < -0.39 is 0 Å². The number of rotatable bonds is 4. The largest absolute Gasteiger partial charge is 0.325 e.